The van der Waals surface area contributed by atoms with Crippen LogP contribution in [-0.4, -0.2) is 19.5 Å². The van der Waals surface area contributed by atoms with Gasteiger partial charge >= 0.3 is 0 Å². The van der Waals surface area contributed by atoms with Gasteiger partial charge in [-0.1, -0.05) is 32.9 Å². The van der Waals surface area contributed by atoms with Gasteiger partial charge in [0.1, 0.15) is 5.75 Å². The Bertz CT molecular complexity index is 358. The summed E-state index contributed by atoms with van der Waals surface area (Å²) in [4.78, 5) is 0. The maximum Gasteiger partial charge on any atom is 0.123 e. The molecule has 1 rings (SSSR count). The topological polar surface area (TPSA) is 21.3 Å². The standard InChI is InChI=1S/C14H22ClNO/c1-14(2,3)12-5-6-13(17-4)11(9-12)10-16-8-7-15/h5-6,9,16H,7-8,10H2,1-4H3. The highest BCUT2D eigenvalue weighted by molar-refractivity contribution is 6.18. The molecule has 1 aromatic rings. The van der Waals surface area contributed by atoms with Gasteiger partial charge in [-0.3, -0.25) is 0 Å². The third-order valence-corrected chi connectivity index (χ3v) is 2.92. The maximum atomic E-state index is 5.65. The molecular weight excluding hydrogens is 234 g/mol. The average molecular weight is 256 g/mol. The first-order valence-electron chi connectivity index (χ1n) is 5.93. The Morgan fingerprint density at radius 2 is 2.00 bits per heavy atom. The molecule has 1 N–H and O–H groups in total. The van der Waals surface area contributed by atoms with E-state index < -0.39 is 0 Å². The minimum absolute atomic E-state index is 0.160. The zero-order chi connectivity index (χ0) is 12.9. The molecule has 0 aromatic heterocycles. The van der Waals surface area contributed by atoms with Gasteiger partial charge < -0.3 is 10.1 Å². The first kappa shape index (κ1) is 14.3. The third kappa shape index (κ3) is 4.21. The molecule has 3 heteroatoms. The molecule has 0 aliphatic heterocycles. The van der Waals surface area contributed by atoms with E-state index >= 15 is 0 Å². The molecule has 0 saturated carbocycles. The van der Waals surface area contributed by atoms with Crippen LogP contribution in [0.5, 0.6) is 5.75 Å². The van der Waals surface area contributed by atoms with Gasteiger partial charge in [-0.25, -0.2) is 0 Å². The van der Waals surface area contributed by atoms with Crippen LogP contribution in [-0.2, 0) is 12.0 Å². The molecule has 96 valence electrons. The van der Waals surface area contributed by atoms with Crippen LogP contribution in [0.4, 0.5) is 0 Å². The summed E-state index contributed by atoms with van der Waals surface area (Å²) in [5, 5.41) is 3.29. The van der Waals surface area contributed by atoms with E-state index in [1.807, 2.05) is 6.07 Å². The number of alkyl halides is 1. The number of rotatable bonds is 5. The van der Waals surface area contributed by atoms with Crippen molar-refractivity contribution in [2.75, 3.05) is 19.5 Å². The van der Waals surface area contributed by atoms with Crippen molar-refractivity contribution in [3.05, 3.63) is 29.3 Å². The van der Waals surface area contributed by atoms with Crippen molar-refractivity contribution in [2.45, 2.75) is 32.7 Å². The summed E-state index contributed by atoms with van der Waals surface area (Å²) in [6.07, 6.45) is 0. The minimum Gasteiger partial charge on any atom is -0.496 e. The molecule has 0 bridgehead atoms. The SMILES string of the molecule is COc1ccc(C(C)(C)C)cc1CNCCCl. The Labute approximate surface area is 109 Å². The Balaban J connectivity index is 2.90. The van der Waals surface area contributed by atoms with Crippen LogP contribution in [0.15, 0.2) is 18.2 Å². The lowest BCUT2D eigenvalue weighted by Crippen LogP contribution is -2.17. The molecule has 17 heavy (non-hydrogen) atoms. The molecule has 0 unspecified atom stereocenters. The van der Waals surface area contributed by atoms with Crippen LogP contribution in [0.1, 0.15) is 31.9 Å². The van der Waals surface area contributed by atoms with Gasteiger partial charge in [0.2, 0.25) is 0 Å². The normalized spacial score (nSPS) is 11.6. The maximum absolute atomic E-state index is 5.65. The fraction of sp³-hybridized carbons (Fsp3) is 0.571. The fourth-order valence-electron chi connectivity index (χ4n) is 1.67. The molecule has 0 spiro atoms. The third-order valence-electron chi connectivity index (χ3n) is 2.73. The molecular formula is C14H22ClNO. The lowest BCUT2D eigenvalue weighted by molar-refractivity contribution is 0.407. The van der Waals surface area contributed by atoms with Crippen LogP contribution < -0.4 is 10.1 Å². The van der Waals surface area contributed by atoms with Crippen molar-refractivity contribution >= 4 is 11.6 Å². The summed E-state index contributed by atoms with van der Waals surface area (Å²) < 4.78 is 5.37. The van der Waals surface area contributed by atoms with E-state index in [9.17, 15) is 0 Å². The Morgan fingerprint density at radius 3 is 2.53 bits per heavy atom. The zero-order valence-corrected chi connectivity index (χ0v) is 11.9. The summed E-state index contributed by atoms with van der Waals surface area (Å²) in [5.74, 6) is 1.56. The Hall–Kier alpha value is -0.730. The van der Waals surface area contributed by atoms with Crippen LogP contribution in [0.3, 0.4) is 0 Å². The second kappa shape index (κ2) is 6.27. The largest absolute Gasteiger partial charge is 0.496 e. The highest BCUT2D eigenvalue weighted by Gasteiger charge is 2.15. The summed E-state index contributed by atoms with van der Waals surface area (Å²) >= 11 is 5.65. The quantitative estimate of drug-likeness (QED) is 0.644. The molecule has 0 radical (unpaired) electrons. The van der Waals surface area contributed by atoms with E-state index in [1.165, 1.54) is 11.1 Å². The van der Waals surface area contributed by atoms with Gasteiger partial charge in [0, 0.05) is 24.5 Å². The van der Waals surface area contributed by atoms with Crippen molar-refractivity contribution in [2.24, 2.45) is 0 Å². The van der Waals surface area contributed by atoms with E-state index in [0.717, 1.165) is 18.8 Å². The summed E-state index contributed by atoms with van der Waals surface area (Å²) in [7, 11) is 1.71. The molecule has 0 aliphatic carbocycles. The number of hydrogen-bond donors (Lipinski definition) is 1. The highest BCUT2D eigenvalue weighted by atomic mass is 35.5. The van der Waals surface area contributed by atoms with Crippen molar-refractivity contribution in [3.8, 4) is 5.75 Å². The number of hydrogen-bond acceptors (Lipinski definition) is 2. The van der Waals surface area contributed by atoms with Gasteiger partial charge in [0.05, 0.1) is 7.11 Å². The molecule has 0 heterocycles. The predicted molar refractivity (Wildman–Crippen MR) is 74.1 cm³/mol. The first-order chi connectivity index (χ1) is 7.99. The Morgan fingerprint density at radius 1 is 1.29 bits per heavy atom. The average Bonchev–Trinajstić information content (AvgIpc) is 2.28. The molecule has 0 saturated heterocycles. The van der Waals surface area contributed by atoms with Crippen molar-refractivity contribution in [3.63, 3.8) is 0 Å². The Kier molecular flexibility index (Phi) is 5.29. The molecule has 2 nitrogen and oxygen atoms in total. The van der Waals surface area contributed by atoms with Gasteiger partial charge in [-0.05, 0) is 17.0 Å². The summed E-state index contributed by atoms with van der Waals surface area (Å²) in [6.45, 7) is 8.24. The van der Waals surface area contributed by atoms with E-state index in [1.54, 1.807) is 7.11 Å². The first-order valence-corrected chi connectivity index (χ1v) is 6.46. The number of methoxy groups -OCH3 is 1. The summed E-state index contributed by atoms with van der Waals surface area (Å²) in [5.41, 5.74) is 2.67. The number of ether oxygens (including phenoxy) is 1. The molecule has 0 fully saturated rings. The predicted octanol–water partition coefficient (Wildman–Crippen LogP) is 3.32. The van der Waals surface area contributed by atoms with Crippen molar-refractivity contribution < 1.29 is 4.74 Å². The molecule has 1 aromatic carbocycles. The monoisotopic (exact) mass is 255 g/mol. The van der Waals surface area contributed by atoms with E-state index in [-0.39, 0.29) is 5.41 Å². The van der Waals surface area contributed by atoms with Crippen LogP contribution in [0.25, 0.3) is 0 Å². The molecule has 0 atom stereocenters. The minimum atomic E-state index is 0.160. The van der Waals surface area contributed by atoms with E-state index in [2.05, 4.69) is 38.2 Å². The van der Waals surface area contributed by atoms with E-state index in [0.29, 0.717) is 5.88 Å². The van der Waals surface area contributed by atoms with E-state index in [4.69, 9.17) is 16.3 Å². The number of benzene rings is 1. The lowest BCUT2D eigenvalue weighted by atomic mass is 9.86. The second-order valence-electron chi connectivity index (χ2n) is 5.14. The molecule has 0 amide bonds. The number of halogens is 1. The number of nitrogens with one attached hydrogen (secondary N) is 1. The lowest BCUT2D eigenvalue weighted by Gasteiger charge is -2.21. The van der Waals surface area contributed by atoms with Crippen LogP contribution in [0.2, 0.25) is 0 Å². The smallest absolute Gasteiger partial charge is 0.123 e. The fourth-order valence-corrected chi connectivity index (χ4v) is 1.81. The highest BCUT2D eigenvalue weighted by Crippen LogP contribution is 2.27. The van der Waals surface area contributed by atoms with Gasteiger partial charge in [-0.2, -0.15) is 0 Å². The van der Waals surface area contributed by atoms with Gasteiger partial charge in [0.25, 0.3) is 0 Å². The zero-order valence-electron chi connectivity index (χ0n) is 11.1. The molecule has 0 aliphatic rings. The van der Waals surface area contributed by atoms with Gasteiger partial charge in [0.15, 0.2) is 0 Å². The second-order valence-corrected chi connectivity index (χ2v) is 5.52. The van der Waals surface area contributed by atoms with Crippen molar-refractivity contribution in [1.29, 1.82) is 0 Å². The summed E-state index contributed by atoms with van der Waals surface area (Å²) in [6, 6.07) is 6.38. The van der Waals surface area contributed by atoms with Crippen molar-refractivity contribution in [1.82, 2.24) is 5.32 Å². The van der Waals surface area contributed by atoms with Crippen LogP contribution in [0, 0.1) is 0 Å². The van der Waals surface area contributed by atoms with Gasteiger partial charge in [-0.15, -0.1) is 11.6 Å². The van der Waals surface area contributed by atoms with Crippen LogP contribution >= 0.6 is 11.6 Å².